The van der Waals surface area contributed by atoms with Crippen molar-refractivity contribution < 1.29 is 4.39 Å². The van der Waals surface area contributed by atoms with E-state index in [1.54, 1.807) is 12.1 Å². The van der Waals surface area contributed by atoms with Gasteiger partial charge in [0.05, 0.1) is 0 Å². The normalized spacial score (nSPS) is 16.4. The maximum Gasteiger partial charge on any atom is 0.225 e. The number of piperidine rings is 1. The molecule has 0 aliphatic carbocycles. The number of hydrogen-bond donors (Lipinski definition) is 0. The third-order valence-corrected chi connectivity index (χ3v) is 3.89. The highest BCUT2D eigenvalue weighted by Gasteiger charge is 2.21. The Balaban J connectivity index is 1.64. The fraction of sp³-hybridized carbons (Fsp3) is 0.375. The summed E-state index contributed by atoms with van der Waals surface area (Å²) in [4.78, 5) is 11.0. The van der Waals surface area contributed by atoms with Gasteiger partial charge in [-0.3, -0.25) is 0 Å². The summed E-state index contributed by atoms with van der Waals surface area (Å²) in [6.07, 6.45) is 5.83. The summed E-state index contributed by atoms with van der Waals surface area (Å²) in [5.41, 5.74) is 2.31. The minimum absolute atomic E-state index is 0.167. The molecule has 1 aromatic carbocycles. The molecule has 0 atom stereocenters. The van der Waals surface area contributed by atoms with Crippen molar-refractivity contribution in [3.05, 3.63) is 53.6 Å². The molecule has 3 rings (SSSR count). The van der Waals surface area contributed by atoms with E-state index in [0.29, 0.717) is 5.92 Å². The SMILES string of the molecule is Cc1cnc(N2CCC(c3ccc(F)cc3)CC2)nc1. The first-order valence-corrected chi connectivity index (χ1v) is 7.01. The largest absolute Gasteiger partial charge is 0.341 e. The number of hydrogen-bond acceptors (Lipinski definition) is 3. The van der Waals surface area contributed by atoms with Crippen molar-refractivity contribution in [1.29, 1.82) is 0 Å². The van der Waals surface area contributed by atoms with Gasteiger partial charge < -0.3 is 4.90 Å². The molecule has 2 heterocycles. The molecule has 0 N–H and O–H groups in total. The lowest BCUT2D eigenvalue weighted by Gasteiger charge is -2.32. The Hall–Kier alpha value is -1.97. The lowest BCUT2D eigenvalue weighted by Crippen LogP contribution is -2.34. The van der Waals surface area contributed by atoms with Crippen molar-refractivity contribution >= 4 is 5.95 Å². The van der Waals surface area contributed by atoms with Crippen LogP contribution in [-0.2, 0) is 0 Å². The molecule has 1 fully saturated rings. The van der Waals surface area contributed by atoms with Gasteiger partial charge in [-0.2, -0.15) is 0 Å². The molecule has 1 aliphatic rings. The van der Waals surface area contributed by atoms with Crippen molar-refractivity contribution in [1.82, 2.24) is 9.97 Å². The van der Waals surface area contributed by atoms with Crippen LogP contribution in [0.5, 0.6) is 0 Å². The van der Waals surface area contributed by atoms with Gasteiger partial charge in [0.1, 0.15) is 5.82 Å². The van der Waals surface area contributed by atoms with E-state index in [-0.39, 0.29) is 5.82 Å². The van der Waals surface area contributed by atoms with Crippen LogP contribution < -0.4 is 4.90 Å². The zero-order chi connectivity index (χ0) is 13.9. The van der Waals surface area contributed by atoms with Gasteiger partial charge in [-0.1, -0.05) is 12.1 Å². The highest BCUT2D eigenvalue weighted by Crippen LogP contribution is 2.29. The van der Waals surface area contributed by atoms with Crippen molar-refractivity contribution in [3.63, 3.8) is 0 Å². The summed E-state index contributed by atoms with van der Waals surface area (Å²) in [7, 11) is 0. The maximum absolute atomic E-state index is 12.9. The Kier molecular flexibility index (Phi) is 3.63. The predicted octanol–water partition coefficient (Wildman–Crippen LogP) is 3.31. The Morgan fingerprint density at radius 2 is 1.65 bits per heavy atom. The van der Waals surface area contributed by atoms with E-state index in [0.717, 1.165) is 37.4 Å². The zero-order valence-corrected chi connectivity index (χ0v) is 11.6. The van der Waals surface area contributed by atoms with Gasteiger partial charge in [0.2, 0.25) is 5.95 Å². The van der Waals surface area contributed by atoms with Crippen molar-refractivity contribution in [2.24, 2.45) is 0 Å². The molecule has 2 aromatic rings. The van der Waals surface area contributed by atoms with Gasteiger partial charge in [-0.15, -0.1) is 0 Å². The van der Waals surface area contributed by atoms with Crippen molar-refractivity contribution in [3.8, 4) is 0 Å². The summed E-state index contributed by atoms with van der Waals surface area (Å²) in [5, 5.41) is 0. The number of aryl methyl sites for hydroxylation is 1. The minimum atomic E-state index is -0.167. The standard InChI is InChI=1S/C16H18FN3/c1-12-10-18-16(19-11-12)20-8-6-14(7-9-20)13-2-4-15(17)5-3-13/h2-5,10-11,14H,6-9H2,1H3. The van der Waals surface area contributed by atoms with Crippen LogP contribution in [-0.4, -0.2) is 23.1 Å². The second-order valence-corrected chi connectivity index (χ2v) is 5.37. The summed E-state index contributed by atoms with van der Waals surface area (Å²) in [5.74, 6) is 1.16. The van der Waals surface area contributed by atoms with Crippen molar-refractivity contribution in [2.45, 2.75) is 25.7 Å². The van der Waals surface area contributed by atoms with Crippen molar-refractivity contribution in [2.75, 3.05) is 18.0 Å². The van der Waals surface area contributed by atoms with Gasteiger partial charge in [0, 0.05) is 25.5 Å². The van der Waals surface area contributed by atoms with E-state index in [4.69, 9.17) is 0 Å². The number of rotatable bonds is 2. The topological polar surface area (TPSA) is 29.0 Å². The Morgan fingerprint density at radius 1 is 1.05 bits per heavy atom. The molecular formula is C16H18FN3. The first-order valence-electron chi connectivity index (χ1n) is 7.01. The molecule has 3 nitrogen and oxygen atoms in total. The fourth-order valence-corrected chi connectivity index (χ4v) is 2.70. The van der Waals surface area contributed by atoms with E-state index < -0.39 is 0 Å². The predicted molar refractivity (Wildman–Crippen MR) is 77.4 cm³/mol. The third-order valence-electron chi connectivity index (χ3n) is 3.89. The summed E-state index contributed by atoms with van der Waals surface area (Å²) in [6, 6.07) is 6.89. The second-order valence-electron chi connectivity index (χ2n) is 5.37. The first-order chi connectivity index (χ1) is 9.72. The quantitative estimate of drug-likeness (QED) is 0.839. The molecular weight excluding hydrogens is 253 g/mol. The van der Waals surface area contributed by atoms with Crippen LogP contribution in [0, 0.1) is 12.7 Å². The Bertz CT molecular complexity index is 504. The average Bonchev–Trinajstić information content (AvgIpc) is 2.49. The lowest BCUT2D eigenvalue weighted by molar-refractivity contribution is 0.498. The number of halogens is 1. The van der Waals surface area contributed by atoms with Crippen LogP contribution >= 0.6 is 0 Å². The number of anilines is 1. The van der Waals surface area contributed by atoms with Gasteiger partial charge in [-0.25, -0.2) is 14.4 Å². The Morgan fingerprint density at radius 3 is 2.25 bits per heavy atom. The first kappa shape index (κ1) is 13.0. The van der Waals surface area contributed by atoms with E-state index in [9.17, 15) is 4.39 Å². The monoisotopic (exact) mass is 271 g/mol. The molecule has 1 aliphatic heterocycles. The number of nitrogens with zero attached hydrogens (tertiary/aromatic N) is 3. The van der Waals surface area contributed by atoms with Gasteiger partial charge >= 0.3 is 0 Å². The number of benzene rings is 1. The minimum Gasteiger partial charge on any atom is -0.341 e. The lowest BCUT2D eigenvalue weighted by atomic mass is 9.89. The molecule has 104 valence electrons. The molecule has 1 saturated heterocycles. The highest BCUT2D eigenvalue weighted by molar-refractivity contribution is 5.32. The Labute approximate surface area is 118 Å². The number of aromatic nitrogens is 2. The molecule has 20 heavy (non-hydrogen) atoms. The second kappa shape index (κ2) is 5.57. The van der Waals surface area contributed by atoms with Crippen LogP contribution in [0.15, 0.2) is 36.7 Å². The average molecular weight is 271 g/mol. The molecule has 0 saturated carbocycles. The van der Waals surface area contributed by atoms with Crippen LogP contribution in [0.25, 0.3) is 0 Å². The van der Waals surface area contributed by atoms with Crippen LogP contribution in [0.3, 0.4) is 0 Å². The molecule has 4 heteroatoms. The van der Waals surface area contributed by atoms with Crippen LogP contribution in [0.2, 0.25) is 0 Å². The molecule has 0 radical (unpaired) electrons. The fourth-order valence-electron chi connectivity index (χ4n) is 2.70. The van der Waals surface area contributed by atoms with E-state index in [2.05, 4.69) is 14.9 Å². The van der Waals surface area contributed by atoms with Crippen LogP contribution in [0.4, 0.5) is 10.3 Å². The molecule has 0 bridgehead atoms. The summed E-state index contributed by atoms with van der Waals surface area (Å²) in [6.45, 7) is 3.89. The van der Waals surface area contributed by atoms with E-state index in [1.165, 1.54) is 5.56 Å². The van der Waals surface area contributed by atoms with E-state index in [1.807, 2.05) is 31.5 Å². The smallest absolute Gasteiger partial charge is 0.225 e. The highest BCUT2D eigenvalue weighted by atomic mass is 19.1. The molecule has 0 unspecified atom stereocenters. The van der Waals surface area contributed by atoms with Gasteiger partial charge in [0.15, 0.2) is 0 Å². The zero-order valence-electron chi connectivity index (χ0n) is 11.6. The van der Waals surface area contributed by atoms with Gasteiger partial charge in [0.25, 0.3) is 0 Å². The van der Waals surface area contributed by atoms with E-state index >= 15 is 0 Å². The van der Waals surface area contributed by atoms with Gasteiger partial charge in [-0.05, 0) is 48.9 Å². The molecule has 0 spiro atoms. The molecule has 0 amide bonds. The van der Waals surface area contributed by atoms with Crippen LogP contribution in [0.1, 0.15) is 29.9 Å². The summed E-state index contributed by atoms with van der Waals surface area (Å²) < 4.78 is 12.9. The maximum atomic E-state index is 12.9. The summed E-state index contributed by atoms with van der Waals surface area (Å²) >= 11 is 0. The molecule has 1 aromatic heterocycles. The third kappa shape index (κ3) is 2.79.